The van der Waals surface area contributed by atoms with Crippen molar-refractivity contribution in [2.45, 2.75) is 64.5 Å². The molecule has 120 valence electrons. The predicted molar refractivity (Wildman–Crippen MR) is 79.1 cm³/mol. The van der Waals surface area contributed by atoms with Gasteiger partial charge >= 0.3 is 6.09 Å². The molecule has 2 aliphatic rings. The molecular weight excluding hydrogens is 284 g/mol. The molecule has 0 spiro atoms. The Bertz CT molecular complexity index is 314. The van der Waals surface area contributed by atoms with Crippen molar-refractivity contribution in [1.29, 1.82) is 0 Å². The van der Waals surface area contributed by atoms with Gasteiger partial charge in [0.25, 0.3) is 0 Å². The summed E-state index contributed by atoms with van der Waals surface area (Å²) in [4.78, 5) is 12.9. The Morgan fingerprint density at radius 1 is 1.25 bits per heavy atom. The van der Waals surface area contributed by atoms with Gasteiger partial charge in [0.15, 0.2) is 0 Å². The van der Waals surface area contributed by atoms with E-state index < -0.39 is 11.7 Å². The summed E-state index contributed by atoms with van der Waals surface area (Å²) in [7, 11) is 0. The van der Waals surface area contributed by atoms with E-state index in [1.165, 1.54) is 4.90 Å². The molecule has 7 heteroatoms. The van der Waals surface area contributed by atoms with Crippen molar-refractivity contribution in [1.82, 2.24) is 10.2 Å². The molecule has 4 unspecified atom stereocenters. The molecule has 0 aromatic rings. The Morgan fingerprint density at radius 3 is 1.95 bits per heavy atom. The largest absolute Gasteiger partial charge is 0.444 e. The van der Waals surface area contributed by atoms with Crippen molar-refractivity contribution in [3.05, 3.63) is 0 Å². The first kappa shape index (κ1) is 19.4. The fraction of sp³-hybridized carbons (Fsp3) is 0.923. The molecule has 0 aromatic heterocycles. The zero-order valence-electron chi connectivity index (χ0n) is 12.8. The predicted octanol–water partition coefficient (Wildman–Crippen LogP) is 0.747. The Hall–Kier alpha value is -0.560. The van der Waals surface area contributed by atoms with Gasteiger partial charge in [-0.2, -0.15) is 0 Å². The van der Waals surface area contributed by atoms with Crippen molar-refractivity contribution in [3.63, 3.8) is 0 Å². The first-order valence-corrected chi connectivity index (χ1v) is 6.71. The lowest BCUT2D eigenvalue weighted by Gasteiger charge is -2.43. The average molecular weight is 311 g/mol. The second-order valence-corrected chi connectivity index (χ2v) is 6.20. The van der Waals surface area contributed by atoms with Crippen LogP contribution in [-0.2, 0) is 4.74 Å². The molecule has 0 aliphatic carbocycles. The Labute approximate surface area is 126 Å². The maximum Gasteiger partial charge on any atom is 0.410 e. The molecule has 0 aromatic carbocycles. The molecule has 2 heterocycles. The van der Waals surface area contributed by atoms with E-state index in [1.807, 2.05) is 27.7 Å². The third-order valence-electron chi connectivity index (χ3n) is 3.29. The van der Waals surface area contributed by atoms with E-state index >= 15 is 0 Å². The van der Waals surface area contributed by atoms with Crippen LogP contribution in [0.25, 0.3) is 0 Å². The smallest absolute Gasteiger partial charge is 0.410 e. The molecule has 20 heavy (non-hydrogen) atoms. The maximum absolute atomic E-state index is 11.4. The van der Waals surface area contributed by atoms with Gasteiger partial charge in [-0.1, -0.05) is 0 Å². The van der Waals surface area contributed by atoms with Gasteiger partial charge in [0.05, 0.1) is 24.8 Å². The summed E-state index contributed by atoms with van der Waals surface area (Å²) < 4.78 is 5.14. The van der Waals surface area contributed by atoms with Crippen LogP contribution in [0.15, 0.2) is 0 Å². The molecule has 2 rings (SSSR count). The number of halogens is 1. The van der Waals surface area contributed by atoms with Crippen LogP contribution in [0.1, 0.15) is 34.6 Å². The van der Waals surface area contributed by atoms with Gasteiger partial charge in [-0.25, -0.2) is 4.79 Å². The summed E-state index contributed by atoms with van der Waals surface area (Å²) in [6, 6.07) is 0.222. The Kier molecular flexibility index (Phi) is 7.24. The topological polar surface area (TPSA) is 82.0 Å². The summed E-state index contributed by atoms with van der Waals surface area (Å²) in [5.41, 5.74) is -0.461. The molecule has 0 radical (unpaired) electrons. The maximum atomic E-state index is 11.4. The molecule has 0 saturated carbocycles. The molecule has 0 bridgehead atoms. The SMILES string of the molecule is CC1C(O)CN1C(=O)OC(C)(C)C.CC1NCC1O.Cl. The number of nitrogens with zero attached hydrogens (tertiary/aromatic N) is 1. The van der Waals surface area contributed by atoms with Gasteiger partial charge in [0.1, 0.15) is 5.60 Å². The van der Waals surface area contributed by atoms with Crippen LogP contribution in [-0.4, -0.2) is 64.2 Å². The van der Waals surface area contributed by atoms with Crippen molar-refractivity contribution in [2.75, 3.05) is 13.1 Å². The van der Waals surface area contributed by atoms with Crippen LogP contribution in [0, 0.1) is 0 Å². The molecule has 2 saturated heterocycles. The summed E-state index contributed by atoms with van der Waals surface area (Å²) >= 11 is 0. The highest BCUT2D eigenvalue weighted by Crippen LogP contribution is 2.20. The van der Waals surface area contributed by atoms with E-state index in [1.54, 1.807) is 6.92 Å². The highest BCUT2D eigenvalue weighted by Gasteiger charge is 2.39. The van der Waals surface area contributed by atoms with Gasteiger partial charge in [-0.3, -0.25) is 0 Å². The number of β-amino-alcohol motifs (C(OH)–C–C–N with tert-alkyl or cyclic N) is 2. The van der Waals surface area contributed by atoms with Crippen molar-refractivity contribution in [2.24, 2.45) is 0 Å². The van der Waals surface area contributed by atoms with Crippen molar-refractivity contribution >= 4 is 18.5 Å². The fourth-order valence-corrected chi connectivity index (χ4v) is 1.61. The number of rotatable bonds is 0. The van der Waals surface area contributed by atoms with Crippen LogP contribution >= 0.6 is 12.4 Å². The molecule has 2 aliphatic heterocycles. The van der Waals surface area contributed by atoms with E-state index in [0.717, 1.165) is 6.54 Å². The van der Waals surface area contributed by atoms with Crippen LogP contribution in [0.5, 0.6) is 0 Å². The standard InChI is InChI=1S/C9H17NO3.C4H9NO.ClH/c1-6-7(11)5-10(6)8(12)13-9(2,3)4;1-3-4(6)2-5-3;/h6-7,11H,5H2,1-4H3;3-6H,2H2,1H3;1H. The average Bonchev–Trinajstić information content (AvgIpc) is 2.31. The number of carbonyl (C=O) groups excluding carboxylic acids is 1. The lowest BCUT2D eigenvalue weighted by Crippen LogP contribution is -2.61. The van der Waals surface area contributed by atoms with E-state index in [2.05, 4.69) is 5.32 Å². The number of carbonyl (C=O) groups is 1. The van der Waals surface area contributed by atoms with E-state index in [-0.39, 0.29) is 30.6 Å². The van der Waals surface area contributed by atoms with E-state index in [0.29, 0.717) is 12.6 Å². The number of aliphatic hydroxyl groups excluding tert-OH is 2. The molecule has 3 N–H and O–H groups in total. The van der Waals surface area contributed by atoms with Crippen molar-refractivity contribution < 1.29 is 19.7 Å². The lowest BCUT2D eigenvalue weighted by molar-refractivity contribution is -0.0640. The third kappa shape index (κ3) is 5.44. The van der Waals surface area contributed by atoms with Gasteiger partial charge in [0.2, 0.25) is 0 Å². The summed E-state index contributed by atoms with van der Waals surface area (Å²) in [6.45, 7) is 10.4. The number of hydrogen-bond donors (Lipinski definition) is 3. The van der Waals surface area contributed by atoms with E-state index in [9.17, 15) is 9.90 Å². The fourth-order valence-electron chi connectivity index (χ4n) is 1.61. The van der Waals surface area contributed by atoms with Crippen LogP contribution in [0.3, 0.4) is 0 Å². The van der Waals surface area contributed by atoms with Gasteiger partial charge in [-0.15, -0.1) is 12.4 Å². The van der Waals surface area contributed by atoms with Crippen LogP contribution in [0.4, 0.5) is 4.79 Å². The van der Waals surface area contributed by atoms with Gasteiger partial charge in [0, 0.05) is 12.6 Å². The minimum atomic E-state index is -0.461. The van der Waals surface area contributed by atoms with Crippen LogP contribution < -0.4 is 5.32 Å². The second kappa shape index (κ2) is 7.45. The second-order valence-electron chi connectivity index (χ2n) is 6.20. The minimum absolute atomic E-state index is 0. The van der Waals surface area contributed by atoms with E-state index in [4.69, 9.17) is 9.84 Å². The zero-order chi connectivity index (χ0) is 14.8. The first-order valence-electron chi connectivity index (χ1n) is 6.71. The minimum Gasteiger partial charge on any atom is -0.444 e. The highest BCUT2D eigenvalue weighted by molar-refractivity contribution is 5.85. The first-order chi connectivity index (χ1) is 8.61. The Morgan fingerprint density at radius 2 is 1.75 bits per heavy atom. The molecule has 1 amide bonds. The quantitative estimate of drug-likeness (QED) is 0.615. The Balaban J connectivity index is 0.000000434. The van der Waals surface area contributed by atoms with Gasteiger partial charge < -0.3 is 25.2 Å². The lowest BCUT2D eigenvalue weighted by atomic mass is 10.0. The highest BCUT2D eigenvalue weighted by atomic mass is 35.5. The molecular formula is C13H27ClN2O4. The number of amides is 1. The number of ether oxygens (including phenoxy) is 1. The van der Waals surface area contributed by atoms with Crippen LogP contribution in [0.2, 0.25) is 0 Å². The molecule has 4 atom stereocenters. The monoisotopic (exact) mass is 310 g/mol. The van der Waals surface area contributed by atoms with Gasteiger partial charge in [-0.05, 0) is 34.6 Å². The normalized spacial score (nSPS) is 31.9. The molecule has 6 nitrogen and oxygen atoms in total. The summed E-state index contributed by atoms with van der Waals surface area (Å²) in [5, 5.41) is 20.8. The van der Waals surface area contributed by atoms with Crippen molar-refractivity contribution in [3.8, 4) is 0 Å². The summed E-state index contributed by atoms with van der Waals surface area (Å²) in [5.74, 6) is 0. The molecule has 2 fully saturated rings. The number of nitrogens with one attached hydrogen (secondary N) is 1. The number of likely N-dealkylation sites (tertiary alicyclic amines) is 1. The number of aliphatic hydroxyl groups is 2. The zero-order valence-corrected chi connectivity index (χ0v) is 13.6. The third-order valence-corrected chi connectivity index (χ3v) is 3.29. The summed E-state index contributed by atoms with van der Waals surface area (Å²) in [6.07, 6.45) is -0.817. The number of hydrogen-bond acceptors (Lipinski definition) is 5.